The molecule has 5 nitrogen and oxygen atoms in total. The molecule has 2 aromatic carbocycles. The highest BCUT2D eigenvalue weighted by Gasteiger charge is 2.25. The Morgan fingerprint density at radius 1 is 1.03 bits per heavy atom. The fourth-order valence-corrected chi connectivity index (χ4v) is 4.41. The maximum absolute atomic E-state index is 12.5. The van der Waals surface area contributed by atoms with Crippen LogP contribution >= 0.6 is 11.8 Å². The van der Waals surface area contributed by atoms with Crippen molar-refractivity contribution in [2.75, 3.05) is 43.8 Å². The lowest BCUT2D eigenvalue weighted by atomic mass is 10.1. The molecule has 6 heteroatoms. The normalized spacial score (nSPS) is 14.6. The van der Waals surface area contributed by atoms with E-state index < -0.39 is 0 Å². The van der Waals surface area contributed by atoms with Crippen molar-refractivity contribution in [2.24, 2.45) is 0 Å². The van der Waals surface area contributed by atoms with Crippen molar-refractivity contribution >= 4 is 29.3 Å². The maximum atomic E-state index is 12.5. The van der Waals surface area contributed by atoms with Crippen LogP contribution < -0.4 is 10.2 Å². The number of hydrogen-bond donors (Lipinski definition) is 2. The van der Waals surface area contributed by atoms with E-state index in [0.717, 1.165) is 49.6 Å². The van der Waals surface area contributed by atoms with Crippen molar-refractivity contribution in [1.82, 2.24) is 4.90 Å². The number of rotatable bonds is 8. The monoisotopic (exact) mass is 412 g/mol. The lowest BCUT2D eigenvalue weighted by Crippen LogP contribution is -3.15. The van der Waals surface area contributed by atoms with Gasteiger partial charge in [0.15, 0.2) is 6.54 Å². The molecule has 1 saturated heterocycles. The van der Waals surface area contributed by atoms with Crippen LogP contribution in [0.5, 0.6) is 0 Å². The first-order chi connectivity index (χ1) is 14.2. The quantitative estimate of drug-likeness (QED) is 0.653. The van der Waals surface area contributed by atoms with Crippen LogP contribution in [-0.4, -0.2) is 55.2 Å². The number of quaternary nitrogens is 1. The number of thioether (sulfide) groups is 1. The zero-order valence-corrected chi connectivity index (χ0v) is 17.8. The van der Waals surface area contributed by atoms with Crippen LogP contribution in [0.25, 0.3) is 0 Å². The average Bonchev–Trinajstić information content (AvgIpc) is 2.75. The van der Waals surface area contributed by atoms with E-state index in [9.17, 15) is 9.59 Å². The summed E-state index contributed by atoms with van der Waals surface area (Å²) in [5, 5.41) is 3.04. The zero-order valence-electron chi connectivity index (χ0n) is 17.0. The number of nitrogens with one attached hydrogen (secondary N) is 2. The molecular weight excluding hydrogens is 382 g/mol. The first-order valence-electron chi connectivity index (χ1n) is 10.3. The van der Waals surface area contributed by atoms with E-state index in [-0.39, 0.29) is 11.8 Å². The molecule has 0 bridgehead atoms. The molecule has 29 heavy (non-hydrogen) atoms. The molecule has 0 radical (unpaired) electrons. The molecule has 0 aromatic heterocycles. The average molecular weight is 413 g/mol. The molecule has 0 saturated carbocycles. The van der Waals surface area contributed by atoms with E-state index in [2.05, 4.69) is 24.4 Å². The van der Waals surface area contributed by atoms with Gasteiger partial charge in [0.25, 0.3) is 5.91 Å². The Morgan fingerprint density at radius 2 is 1.72 bits per heavy atom. The van der Waals surface area contributed by atoms with Crippen molar-refractivity contribution in [3.8, 4) is 0 Å². The van der Waals surface area contributed by atoms with Crippen LogP contribution in [0, 0.1) is 0 Å². The van der Waals surface area contributed by atoms with Gasteiger partial charge in [-0.25, -0.2) is 0 Å². The highest BCUT2D eigenvalue weighted by Crippen LogP contribution is 2.18. The largest absolute Gasteiger partial charge is 0.331 e. The van der Waals surface area contributed by atoms with E-state index >= 15 is 0 Å². The summed E-state index contributed by atoms with van der Waals surface area (Å²) in [5.41, 5.74) is 2.06. The Hall–Kier alpha value is -2.31. The zero-order chi connectivity index (χ0) is 20.5. The highest BCUT2D eigenvalue weighted by molar-refractivity contribution is 7.99. The molecule has 2 N–H and O–H groups in total. The van der Waals surface area contributed by atoms with Crippen LogP contribution in [0.15, 0.2) is 59.5 Å². The second-order valence-corrected chi connectivity index (χ2v) is 8.45. The number of aryl methyl sites for hydroxylation is 1. The van der Waals surface area contributed by atoms with Crippen LogP contribution in [0.4, 0.5) is 5.69 Å². The molecular formula is C23H30N3O2S+. The van der Waals surface area contributed by atoms with Gasteiger partial charge in [0, 0.05) is 22.8 Å². The third kappa shape index (κ3) is 6.61. The standard InChI is InChI=1S/C23H29N3O2S/c1-2-19-8-6-7-11-21(19)24-22(27)18-25-13-15-26(16-14-25)23(28)12-17-29-20-9-4-3-5-10-20/h3-11H,2,12-18H2,1H3,(H,24,27)/p+1. The Balaban J connectivity index is 1.37. The molecule has 1 fully saturated rings. The van der Waals surface area contributed by atoms with Crippen molar-refractivity contribution in [3.63, 3.8) is 0 Å². The van der Waals surface area contributed by atoms with Crippen molar-refractivity contribution in [3.05, 3.63) is 60.2 Å². The summed E-state index contributed by atoms with van der Waals surface area (Å²) in [6.07, 6.45) is 1.45. The third-order valence-corrected chi connectivity index (χ3v) is 6.25. The summed E-state index contributed by atoms with van der Waals surface area (Å²) < 4.78 is 0. The van der Waals surface area contributed by atoms with E-state index in [1.807, 2.05) is 47.4 Å². The number of hydrogen-bond acceptors (Lipinski definition) is 3. The smallest absolute Gasteiger partial charge is 0.279 e. The van der Waals surface area contributed by atoms with Gasteiger partial charge in [0.2, 0.25) is 5.91 Å². The van der Waals surface area contributed by atoms with Crippen molar-refractivity contribution in [1.29, 1.82) is 0 Å². The molecule has 2 amide bonds. The maximum Gasteiger partial charge on any atom is 0.279 e. The topological polar surface area (TPSA) is 53.9 Å². The van der Waals surface area contributed by atoms with Gasteiger partial charge >= 0.3 is 0 Å². The number of carbonyl (C=O) groups excluding carboxylic acids is 2. The predicted octanol–water partition coefficient (Wildman–Crippen LogP) is 2.10. The summed E-state index contributed by atoms with van der Waals surface area (Å²) in [6.45, 7) is 5.63. The van der Waals surface area contributed by atoms with Gasteiger partial charge in [0.1, 0.15) is 0 Å². The summed E-state index contributed by atoms with van der Waals surface area (Å²) in [4.78, 5) is 29.3. The van der Waals surface area contributed by atoms with E-state index in [1.54, 1.807) is 11.8 Å². The second-order valence-electron chi connectivity index (χ2n) is 7.28. The number of nitrogens with zero attached hydrogens (tertiary/aromatic N) is 1. The third-order valence-electron chi connectivity index (χ3n) is 5.23. The number of amides is 2. The lowest BCUT2D eigenvalue weighted by Gasteiger charge is -2.32. The van der Waals surface area contributed by atoms with E-state index in [0.29, 0.717) is 13.0 Å². The Labute approximate surface area is 177 Å². The van der Waals surface area contributed by atoms with Crippen LogP contribution in [-0.2, 0) is 16.0 Å². The number of carbonyl (C=O) groups is 2. The van der Waals surface area contributed by atoms with Crippen molar-refractivity contribution in [2.45, 2.75) is 24.7 Å². The molecule has 3 rings (SSSR count). The summed E-state index contributed by atoms with van der Waals surface area (Å²) in [5.74, 6) is 1.06. The van der Waals surface area contributed by atoms with Gasteiger partial charge in [-0.2, -0.15) is 0 Å². The first-order valence-corrected chi connectivity index (χ1v) is 11.3. The number of para-hydroxylation sites is 1. The molecule has 154 valence electrons. The minimum absolute atomic E-state index is 0.0416. The van der Waals surface area contributed by atoms with Gasteiger partial charge in [-0.15, -0.1) is 11.8 Å². The molecule has 0 aliphatic carbocycles. The second kappa shape index (κ2) is 11.0. The molecule has 2 aromatic rings. The van der Waals surface area contributed by atoms with Crippen LogP contribution in [0.3, 0.4) is 0 Å². The minimum atomic E-state index is 0.0416. The molecule has 0 atom stereocenters. The fourth-order valence-electron chi connectivity index (χ4n) is 3.55. The van der Waals surface area contributed by atoms with Gasteiger partial charge in [0.05, 0.1) is 26.2 Å². The van der Waals surface area contributed by atoms with Crippen LogP contribution in [0.1, 0.15) is 18.9 Å². The van der Waals surface area contributed by atoms with Gasteiger partial charge in [-0.3, -0.25) is 9.59 Å². The van der Waals surface area contributed by atoms with Crippen LogP contribution in [0.2, 0.25) is 0 Å². The summed E-state index contributed by atoms with van der Waals surface area (Å²) >= 11 is 1.72. The predicted molar refractivity (Wildman–Crippen MR) is 118 cm³/mol. The Morgan fingerprint density at radius 3 is 2.45 bits per heavy atom. The first kappa shape index (κ1) is 21.4. The summed E-state index contributed by atoms with van der Waals surface area (Å²) in [7, 11) is 0. The Bertz CT molecular complexity index is 805. The number of piperazine rings is 1. The molecule has 0 unspecified atom stereocenters. The lowest BCUT2D eigenvalue weighted by molar-refractivity contribution is -0.895. The van der Waals surface area contributed by atoms with Gasteiger partial charge in [-0.1, -0.05) is 43.3 Å². The van der Waals surface area contributed by atoms with Gasteiger partial charge in [-0.05, 0) is 30.2 Å². The molecule has 0 spiro atoms. The molecule has 1 aliphatic rings. The van der Waals surface area contributed by atoms with E-state index in [1.165, 1.54) is 9.80 Å². The highest BCUT2D eigenvalue weighted by atomic mass is 32.2. The number of benzene rings is 2. The molecule has 1 aliphatic heterocycles. The van der Waals surface area contributed by atoms with Crippen molar-refractivity contribution < 1.29 is 14.5 Å². The molecule has 1 heterocycles. The van der Waals surface area contributed by atoms with E-state index in [4.69, 9.17) is 0 Å². The Kier molecular flexibility index (Phi) is 8.14. The minimum Gasteiger partial charge on any atom is -0.331 e. The SMILES string of the molecule is CCc1ccccc1NC(=O)C[NH+]1CCN(C(=O)CCSc2ccccc2)CC1. The summed E-state index contributed by atoms with van der Waals surface area (Å²) in [6, 6.07) is 18.1. The fraction of sp³-hybridized carbons (Fsp3) is 0.391. The number of anilines is 1. The van der Waals surface area contributed by atoms with Gasteiger partial charge < -0.3 is 15.1 Å².